The second-order valence-corrected chi connectivity index (χ2v) is 5.82. The number of carbonyl (C=O) groups is 1. The topological polar surface area (TPSA) is 46.5 Å². The summed E-state index contributed by atoms with van der Waals surface area (Å²) in [5.74, 6) is 0.264. The molecule has 0 amide bonds. The van der Waals surface area contributed by atoms with Gasteiger partial charge in [0.15, 0.2) is 0 Å². The molecule has 0 spiro atoms. The zero-order valence-corrected chi connectivity index (χ0v) is 11.4. The van der Waals surface area contributed by atoms with Gasteiger partial charge in [-0.3, -0.25) is 4.79 Å². The fraction of sp³-hybridized carbons (Fsp3) is 0.471. The maximum atomic E-state index is 12.3. The van der Waals surface area contributed by atoms with E-state index in [4.69, 9.17) is 4.74 Å². The molecule has 3 heteroatoms. The van der Waals surface area contributed by atoms with Crippen molar-refractivity contribution < 1.29 is 14.6 Å². The number of hydrogen-bond acceptors (Lipinski definition) is 3. The van der Waals surface area contributed by atoms with Crippen molar-refractivity contribution in [2.45, 2.75) is 31.3 Å². The number of aliphatic hydroxyl groups is 1. The number of esters is 1. The average Bonchev–Trinajstić information content (AvgIpc) is 2.80. The third-order valence-electron chi connectivity index (χ3n) is 4.34. The van der Waals surface area contributed by atoms with Crippen LogP contribution in [-0.4, -0.2) is 23.8 Å². The Morgan fingerprint density at radius 1 is 1.15 bits per heavy atom. The fourth-order valence-electron chi connectivity index (χ4n) is 3.33. The second-order valence-electron chi connectivity index (χ2n) is 5.82. The number of aliphatic hydroxyl groups excluding tert-OH is 1. The Kier molecular flexibility index (Phi) is 3.88. The summed E-state index contributed by atoms with van der Waals surface area (Å²) in [4.78, 5) is 12.3. The van der Waals surface area contributed by atoms with Crippen molar-refractivity contribution in [3.8, 4) is 0 Å². The molecule has 0 aliphatic heterocycles. The van der Waals surface area contributed by atoms with Crippen LogP contribution in [0.3, 0.4) is 0 Å². The van der Waals surface area contributed by atoms with Crippen molar-refractivity contribution in [3.63, 3.8) is 0 Å². The predicted molar refractivity (Wildman–Crippen MR) is 76.1 cm³/mol. The van der Waals surface area contributed by atoms with Gasteiger partial charge in [-0.1, -0.05) is 42.5 Å². The van der Waals surface area contributed by atoms with Gasteiger partial charge in [-0.05, 0) is 36.7 Å². The molecule has 0 aromatic heterocycles. The first kappa shape index (κ1) is 13.4. The first-order chi connectivity index (χ1) is 9.76. The van der Waals surface area contributed by atoms with Gasteiger partial charge in [0, 0.05) is 0 Å². The summed E-state index contributed by atoms with van der Waals surface area (Å²) in [5, 5.41) is 9.48. The summed E-state index contributed by atoms with van der Waals surface area (Å²) >= 11 is 0. The van der Waals surface area contributed by atoms with E-state index in [1.807, 2.05) is 30.3 Å². The Morgan fingerprint density at radius 3 is 2.40 bits per heavy atom. The van der Waals surface area contributed by atoms with E-state index in [1.165, 1.54) is 6.42 Å². The SMILES string of the molecule is O=C(OC1CC2C=CC(C2)C1)C(CO)c1ccccc1. The normalized spacial score (nSPS) is 29.1. The van der Waals surface area contributed by atoms with Gasteiger partial charge in [0.2, 0.25) is 0 Å². The van der Waals surface area contributed by atoms with E-state index in [9.17, 15) is 9.90 Å². The van der Waals surface area contributed by atoms with Crippen LogP contribution in [0.15, 0.2) is 42.5 Å². The highest BCUT2D eigenvalue weighted by Gasteiger charge is 2.33. The Hall–Kier alpha value is -1.61. The van der Waals surface area contributed by atoms with Gasteiger partial charge in [0.1, 0.15) is 12.0 Å². The molecule has 3 unspecified atom stereocenters. The second kappa shape index (κ2) is 5.80. The molecular formula is C17H20O3. The molecule has 106 valence electrons. The molecule has 3 nitrogen and oxygen atoms in total. The minimum atomic E-state index is -0.566. The summed E-state index contributed by atoms with van der Waals surface area (Å²) in [6, 6.07) is 9.35. The monoisotopic (exact) mass is 272 g/mol. The lowest BCUT2D eigenvalue weighted by Crippen LogP contribution is -2.30. The van der Waals surface area contributed by atoms with E-state index in [2.05, 4.69) is 12.2 Å². The molecule has 1 saturated carbocycles. The third-order valence-corrected chi connectivity index (χ3v) is 4.34. The van der Waals surface area contributed by atoms with Crippen molar-refractivity contribution in [1.82, 2.24) is 0 Å². The smallest absolute Gasteiger partial charge is 0.316 e. The van der Waals surface area contributed by atoms with E-state index >= 15 is 0 Å². The van der Waals surface area contributed by atoms with Crippen LogP contribution in [0, 0.1) is 11.8 Å². The molecule has 1 aromatic carbocycles. The first-order valence-electron chi connectivity index (χ1n) is 7.31. The summed E-state index contributed by atoms with van der Waals surface area (Å²) in [6.07, 6.45) is 7.55. The lowest BCUT2D eigenvalue weighted by Gasteiger charge is -2.28. The van der Waals surface area contributed by atoms with Gasteiger partial charge in [0.05, 0.1) is 6.61 Å². The van der Waals surface area contributed by atoms with Crippen LogP contribution >= 0.6 is 0 Å². The van der Waals surface area contributed by atoms with Crippen molar-refractivity contribution >= 4 is 5.97 Å². The average molecular weight is 272 g/mol. The maximum Gasteiger partial charge on any atom is 0.316 e. The Morgan fingerprint density at radius 2 is 1.80 bits per heavy atom. The number of benzene rings is 1. The number of hydrogen-bond donors (Lipinski definition) is 1. The van der Waals surface area contributed by atoms with Crippen LogP contribution in [0.4, 0.5) is 0 Å². The molecule has 3 rings (SSSR count). The first-order valence-corrected chi connectivity index (χ1v) is 7.31. The number of fused-ring (bicyclic) bond motifs is 2. The largest absolute Gasteiger partial charge is 0.462 e. The van der Waals surface area contributed by atoms with Crippen LogP contribution in [-0.2, 0) is 9.53 Å². The Balaban J connectivity index is 1.63. The molecular weight excluding hydrogens is 252 g/mol. The summed E-state index contributed by atoms with van der Waals surface area (Å²) < 4.78 is 5.64. The fourth-order valence-corrected chi connectivity index (χ4v) is 3.33. The maximum absolute atomic E-state index is 12.3. The van der Waals surface area contributed by atoms with Gasteiger partial charge in [-0.15, -0.1) is 0 Å². The van der Waals surface area contributed by atoms with Crippen molar-refractivity contribution in [3.05, 3.63) is 48.0 Å². The zero-order chi connectivity index (χ0) is 13.9. The molecule has 0 saturated heterocycles. The van der Waals surface area contributed by atoms with Crippen LogP contribution in [0.2, 0.25) is 0 Å². The summed E-state index contributed by atoms with van der Waals surface area (Å²) in [5.41, 5.74) is 0.817. The van der Waals surface area contributed by atoms with Crippen molar-refractivity contribution in [2.24, 2.45) is 11.8 Å². The van der Waals surface area contributed by atoms with Crippen LogP contribution < -0.4 is 0 Å². The van der Waals surface area contributed by atoms with E-state index in [1.54, 1.807) is 0 Å². The predicted octanol–water partition coefficient (Wildman–Crippen LogP) is 2.66. The summed E-state index contributed by atoms with van der Waals surface area (Å²) in [6.45, 7) is -0.208. The number of carbonyl (C=O) groups excluding carboxylic acids is 1. The van der Waals surface area contributed by atoms with Crippen LogP contribution in [0.5, 0.6) is 0 Å². The van der Waals surface area contributed by atoms with Gasteiger partial charge in [0.25, 0.3) is 0 Å². The quantitative estimate of drug-likeness (QED) is 0.677. The highest BCUT2D eigenvalue weighted by molar-refractivity contribution is 5.78. The highest BCUT2D eigenvalue weighted by Crippen LogP contribution is 2.38. The van der Waals surface area contributed by atoms with E-state index < -0.39 is 5.92 Å². The summed E-state index contributed by atoms with van der Waals surface area (Å²) in [7, 11) is 0. The zero-order valence-electron chi connectivity index (χ0n) is 11.4. The lowest BCUT2D eigenvalue weighted by molar-refractivity contribution is -0.154. The van der Waals surface area contributed by atoms with Gasteiger partial charge in [-0.25, -0.2) is 0 Å². The van der Waals surface area contributed by atoms with Crippen molar-refractivity contribution in [1.29, 1.82) is 0 Å². The molecule has 1 aromatic rings. The molecule has 2 bridgehead atoms. The minimum absolute atomic E-state index is 0.000915. The molecule has 0 heterocycles. The van der Waals surface area contributed by atoms with Gasteiger partial charge < -0.3 is 9.84 Å². The van der Waals surface area contributed by atoms with Gasteiger partial charge >= 0.3 is 5.97 Å². The molecule has 2 aliphatic rings. The Labute approximate surface area is 119 Å². The van der Waals surface area contributed by atoms with Crippen molar-refractivity contribution in [2.75, 3.05) is 6.61 Å². The highest BCUT2D eigenvalue weighted by atomic mass is 16.5. The van der Waals surface area contributed by atoms with Crippen LogP contribution in [0.25, 0.3) is 0 Å². The van der Waals surface area contributed by atoms with E-state index in [0.29, 0.717) is 11.8 Å². The van der Waals surface area contributed by atoms with E-state index in [-0.39, 0.29) is 18.7 Å². The third kappa shape index (κ3) is 2.78. The molecule has 1 N–H and O–H groups in total. The molecule has 1 fully saturated rings. The van der Waals surface area contributed by atoms with Gasteiger partial charge in [-0.2, -0.15) is 0 Å². The van der Waals surface area contributed by atoms with Crippen LogP contribution in [0.1, 0.15) is 30.7 Å². The molecule has 3 atom stereocenters. The lowest BCUT2D eigenvalue weighted by atomic mass is 9.86. The molecule has 20 heavy (non-hydrogen) atoms. The molecule has 0 radical (unpaired) electrons. The number of rotatable bonds is 4. The minimum Gasteiger partial charge on any atom is -0.462 e. The van der Waals surface area contributed by atoms with E-state index in [0.717, 1.165) is 18.4 Å². The number of allylic oxidation sites excluding steroid dienone is 2. The Bertz CT molecular complexity index is 480. The standard InChI is InChI=1S/C17H20O3/c18-11-16(14-4-2-1-3-5-14)17(19)20-15-9-12-6-7-13(8-12)10-15/h1-7,12-13,15-16,18H,8-11H2. The molecule has 2 aliphatic carbocycles. The number of ether oxygens (including phenoxy) is 1.